The molecule has 3 heteroatoms. The van der Waals surface area contributed by atoms with Crippen LogP contribution in [-0.4, -0.2) is 31.4 Å². The van der Waals surface area contributed by atoms with Crippen LogP contribution in [0.3, 0.4) is 0 Å². The topological polar surface area (TPSA) is 32.3 Å². The molecule has 1 aliphatic carbocycles. The largest absolute Gasteiger partial charge is 0.387 e. The van der Waals surface area contributed by atoms with E-state index in [4.69, 9.17) is 0 Å². The van der Waals surface area contributed by atoms with Crippen molar-refractivity contribution in [3.8, 4) is 0 Å². The van der Waals surface area contributed by atoms with Gasteiger partial charge in [-0.25, -0.2) is 0 Å². The van der Waals surface area contributed by atoms with E-state index in [1.54, 1.807) is 0 Å². The molecule has 0 aromatic heterocycles. The summed E-state index contributed by atoms with van der Waals surface area (Å²) in [5.74, 6) is 0.827. The Morgan fingerprint density at radius 1 is 1.44 bits per heavy atom. The van der Waals surface area contributed by atoms with Crippen LogP contribution in [0.1, 0.15) is 35.2 Å². The van der Waals surface area contributed by atoms with E-state index in [1.165, 1.54) is 19.3 Å². The second kappa shape index (κ2) is 5.42. The van der Waals surface area contributed by atoms with Crippen LogP contribution in [0.2, 0.25) is 0 Å². The normalized spacial score (nSPS) is 15.1. The van der Waals surface area contributed by atoms with Gasteiger partial charge in [0.15, 0.2) is 0 Å². The van der Waals surface area contributed by atoms with Crippen molar-refractivity contribution in [3.63, 3.8) is 0 Å². The Bertz CT molecular complexity index is 438. The van der Waals surface area contributed by atoms with Gasteiger partial charge in [-0.3, -0.25) is 4.79 Å². The lowest BCUT2D eigenvalue weighted by molar-refractivity contribution is 0.0746. The van der Waals surface area contributed by atoms with Crippen LogP contribution >= 0.6 is 0 Å². The summed E-state index contributed by atoms with van der Waals surface area (Å²) >= 11 is 0. The van der Waals surface area contributed by atoms with Crippen LogP contribution in [-0.2, 0) is 0 Å². The number of carbonyl (C=O) groups is 1. The van der Waals surface area contributed by atoms with Gasteiger partial charge in [0.2, 0.25) is 0 Å². The first-order chi connectivity index (χ1) is 8.61. The quantitative estimate of drug-likeness (QED) is 0.886. The van der Waals surface area contributed by atoms with E-state index < -0.39 is 0 Å². The molecule has 98 valence electrons. The molecule has 0 unspecified atom stereocenters. The second-order valence-corrected chi connectivity index (χ2v) is 5.28. The average molecular weight is 246 g/mol. The maximum Gasteiger partial charge on any atom is 0.255 e. The molecule has 0 aliphatic heterocycles. The van der Waals surface area contributed by atoms with Crippen molar-refractivity contribution >= 4 is 11.6 Å². The lowest BCUT2D eigenvalue weighted by Crippen LogP contribution is -2.34. The minimum Gasteiger partial charge on any atom is -0.387 e. The van der Waals surface area contributed by atoms with Crippen LogP contribution in [0.15, 0.2) is 18.2 Å². The average Bonchev–Trinajstić information content (AvgIpc) is 2.32. The number of benzene rings is 1. The van der Waals surface area contributed by atoms with E-state index in [0.29, 0.717) is 5.92 Å². The highest BCUT2D eigenvalue weighted by Gasteiger charge is 2.23. The molecule has 3 nitrogen and oxygen atoms in total. The van der Waals surface area contributed by atoms with E-state index in [1.807, 2.05) is 44.1 Å². The molecule has 1 amide bonds. The number of hydrogen-bond acceptors (Lipinski definition) is 2. The van der Waals surface area contributed by atoms with E-state index in [0.717, 1.165) is 23.4 Å². The number of aryl methyl sites for hydroxylation is 1. The first kappa shape index (κ1) is 12.9. The zero-order valence-electron chi connectivity index (χ0n) is 11.5. The molecule has 0 radical (unpaired) electrons. The fourth-order valence-electron chi connectivity index (χ4n) is 2.40. The first-order valence-electron chi connectivity index (χ1n) is 6.65. The van der Waals surface area contributed by atoms with Crippen molar-refractivity contribution in [3.05, 3.63) is 29.3 Å². The molecule has 0 saturated heterocycles. The Balaban J connectivity index is 2.11. The minimum atomic E-state index is 0.117. The summed E-state index contributed by atoms with van der Waals surface area (Å²) in [5, 5.41) is 3.11. The Hall–Kier alpha value is -1.51. The highest BCUT2D eigenvalue weighted by atomic mass is 16.2. The number of nitrogens with zero attached hydrogens (tertiary/aromatic N) is 1. The molecule has 18 heavy (non-hydrogen) atoms. The first-order valence-corrected chi connectivity index (χ1v) is 6.65. The lowest BCUT2D eigenvalue weighted by atomic mass is 9.85. The van der Waals surface area contributed by atoms with Crippen LogP contribution < -0.4 is 5.32 Å². The smallest absolute Gasteiger partial charge is 0.255 e. The molecule has 2 rings (SSSR count). The van der Waals surface area contributed by atoms with Crippen molar-refractivity contribution in [1.29, 1.82) is 0 Å². The van der Waals surface area contributed by atoms with E-state index in [9.17, 15) is 4.79 Å². The van der Waals surface area contributed by atoms with Crippen molar-refractivity contribution in [2.45, 2.75) is 26.2 Å². The maximum absolute atomic E-state index is 12.4. The molecule has 0 atom stereocenters. The number of anilines is 1. The van der Waals surface area contributed by atoms with Gasteiger partial charge in [0, 0.05) is 26.3 Å². The van der Waals surface area contributed by atoms with E-state index in [2.05, 4.69) is 5.32 Å². The van der Waals surface area contributed by atoms with E-state index >= 15 is 0 Å². The molecule has 1 aromatic carbocycles. The Labute approximate surface area is 109 Å². The summed E-state index contributed by atoms with van der Waals surface area (Å²) in [4.78, 5) is 14.3. The summed E-state index contributed by atoms with van der Waals surface area (Å²) in [5.41, 5.74) is 2.85. The number of amides is 1. The van der Waals surface area contributed by atoms with Gasteiger partial charge in [-0.2, -0.15) is 0 Å². The van der Waals surface area contributed by atoms with Crippen molar-refractivity contribution < 1.29 is 4.79 Å². The number of hydrogen-bond donors (Lipinski definition) is 1. The van der Waals surface area contributed by atoms with Crippen molar-refractivity contribution in [2.75, 3.05) is 26.0 Å². The molecule has 0 heterocycles. The third-order valence-corrected chi connectivity index (χ3v) is 3.78. The highest BCUT2D eigenvalue weighted by molar-refractivity contribution is 5.99. The maximum atomic E-state index is 12.4. The monoisotopic (exact) mass is 246 g/mol. The van der Waals surface area contributed by atoms with Crippen LogP contribution in [0.5, 0.6) is 0 Å². The Morgan fingerprint density at radius 2 is 2.17 bits per heavy atom. The van der Waals surface area contributed by atoms with Gasteiger partial charge in [-0.1, -0.05) is 12.5 Å². The molecular weight excluding hydrogens is 224 g/mol. The molecule has 1 N–H and O–H groups in total. The number of carbonyl (C=O) groups excluding carboxylic acids is 1. The van der Waals surface area contributed by atoms with E-state index in [-0.39, 0.29) is 5.91 Å². The molecule has 1 aromatic rings. The summed E-state index contributed by atoms with van der Waals surface area (Å²) in [7, 11) is 3.76. The van der Waals surface area contributed by atoms with Crippen LogP contribution in [0, 0.1) is 12.8 Å². The fraction of sp³-hybridized carbons (Fsp3) is 0.533. The molecule has 0 spiro atoms. The minimum absolute atomic E-state index is 0.117. The molecule has 0 bridgehead atoms. The van der Waals surface area contributed by atoms with Gasteiger partial charge >= 0.3 is 0 Å². The van der Waals surface area contributed by atoms with Gasteiger partial charge in [0.1, 0.15) is 0 Å². The Kier molecular flexibility index (Phi) is 3.90. The van der Waals surface area contributed by atoms with Crippen molar-refractivity contribution in [1.82, 2.24) is 4.90 Å². The number of rotatable bonds is 4. The Morgan fingerprint density at radius 3 is 2.72 bits per heavy atom. The van der Waals surface area contributed by atoms with Crippen LogP contribution in [0.4, 0.5) is 5.69 Å². The standard InChI is InChI=1S/C15H22N2O/c1-11-7-8-13(14(9-11)16-2)15(18)17(3)10-12-5-4-6-12/h7-9,12,16H,4-6,10H2,1-3H3. The van der Waals surface area contributed by atoms with Gasteiger partial charge in [0.25, 0.3) is 5.91 Å². The summed E-state index contributed by atoms with van der Waals surface area (Å²) in [6.45, 7) is 2.92. The predicted octanol–water partition coefficient (Wildman–Crippen LogP) is 2.91. The fourth-order valence-corrected chi connectivity index (χ4v) is 2.40. The molecular formula is C15H22N2O. The summed E-state index contributed by atoms with van der Waals surface area (Å²) in [6.07, 6.45) is 3.85. The zero-order valence-corrected chi connectivity index (χ0v) is 11.5. The second-order valence-electron chi connectivity index (χ2n) is 5.28. The van der Waals surface area contributed by atoms with Crippen molar-refractivity contribution in [2.24, 2.45) is 5.92 Å². The zero-order chi connectivity index (χ0) is 13.1. The summed E-state index contributed by atoms with van der Waals surface area (Å²) in [6, 6.07) is 5.93. The van der Waals surface area contributed by atoms with Gasteiger partial charge < -0.3 is 10.2 Å². The third-order valence-electron chi connectivity index (χ3n) is 3.78. The number of nitrogens with one attached hydrogen (secondary N) is 1. The van der Waals surface area contributed by atoms with Gasteiger partial charge in [-0.05, 0) is 43.4 Å². The van der Waals surface area contributed by atoms with Gasteiger partial charge in [-0.15, -0.1) is 0 Å². The van der Waals surface area contributed by atoms with Crippen LogP contribution in [0.25, 0.3) is 0 Å². The highest BCUT2D eigenvalue weighted by Crippen LogP contribution is 2.27. The summed E-state index contributed by atoms with van der Waals surface area (Å²) < 4.78 is 0. The SMILES string of the molecule is CNc1cc(C)ccc1C(=O)N(C)CC1CCC1. The molecule has 1 aliphatic rings. The molecule has 1 saturated carbocycles. The predicted molar refractivity (Wildman–Crippen MR) is 75.0 cm³/mol. The molecule has 1 fully saturated rings. The lowest BCUT2D eigenvalue weighted by Gasteiger charge is -2.30. The third kappa shape index (κ3) is 2.66. The van der Waals surface area contributed by atoms with Gasteiger partial charge in [0.05, 0.1) is 5.56 Å².